The largest absolute Gasteiger partial charge is 0.340 e. The van der Waals surface area contributed by atoms with E-state index in [1.54, 1.807) is 6.92 Å². The molecule has 2 aromatic heterocycles. The summed E-state index contributed by atoms with van der Waals surface area (Å²) in [4.78, 5) is 19.1. The van der Waals surface area contributed by atoms with Gasteiger partial charge in [0, 0.05) is 49.1 Å². The molecule has 3 aromatic rings. The zero-order valence-corrected chi connectivity index (χ0v) is 16.7. The summed E-state index contributed by atoms with van der Waals surface area (Å²) in [6, 6.07) is 12.1. The Balaban J connectivity index is 1.37. The highest BCUT2D eigenvalue weighted by Gasteiger charge is 2.27. The Kier molecular flexibility index (Phi) is 5.03. The molecule has 0 spiro atoms. The van der Waals surface area contributed by atoms with E-state index in [0.717, 1.165) is 49.4 Å². The Morgan fingerprint density at radius 1 is 1.11 bits per heavy atom. The minimum atomic E-state index is 0.116. The topological polar surface area (TPSA) is 64.2 Å². The number of carbonyl (C=O) groups excluding carboxylic acids is 1. The van der Waals surface area contributed by atoms with Crippen LogP contribution in [0.2, 0.25) is 0 Å². The Hall–Kier alpha value is -2.89. The summed E-state index contributed by atoms with van der Waals surface area (Å²) < 4.78 is 7.21. The van der Waals surface area contributed by atoms with Crippen molar-refractivity contribution in [1.29, 1.82) is 0 Å². The van der Waals surface area contributed by atoms with E-state index in [9.17, 15) is 4.79 Å². The lowest BCUT2D eigenvalue weighted by molar-refractivity contribution is 0.0786. The second-order valence-electron chi connectivity index (χ2n) is 7.67. The fourth-order valence-electron chi connectivity index (χ4n) is 4.04. The molecule has 1 amide bonds. The Morgan fingerprint density at radius 3 is 2.46 bits per heavy atom. The lowest BCUT2D eigenvalue weighted by Crippen LogP contribution is -2.28. The summed E-state index contributed by atoms with van der Waals surface area (Å²) >= 11 is 0. The molecule has 0 radical (unpaired) electrons. The average Bonchev–Trinajstić information content (AvgIpc) is 3.41. The van der Waals surface area contributed by atoms with Gasteiger partial charge in [-0.1, -0.05) is 5.16 Å². The van der Waals surface area contributed by atoms with E-state index in [4.69, 9.17) is 4.52 Å². The quantitative estimate of drug-likeness (QED) is 0.676. The number of benzene rings is 1. The fraction of sp³-hybridized carbons (Fsp3) is 0.409. The van der Waals surface area contributed by atoms with Crippen LogP contribution in [0.25, 0.3) is 5.69 Å². The van der Waals surface area contributed by atoms with Crippen molar-refractivity contribution in [3.05, 3.63) is 65.1 Å². The zero-order chi connectivity index (χ0) is 19.7. The van der Waals surface area contributed by atoms with Crippen LogP contribution in [0, 0.1) is 26.7 Å². The van der Waals surface area contributed by atoms with Gasteiger partial charge in [-0.2, -0.15) is 4.98 Å². The number of aromatic nitrogens is 3. The normalized spacial score (nSPS) is 16.7. The van der Waals surface area contributed by atoms with Crippen molar-refractivity contribution in [2.24, 2.45) is 5.92 Å². The van der Waals surface area contributed by atoms with Crippen LogP contribution < -0.4 is 0 Å². The number of amides is 1. The summed E-state index contributed by atoms with van der Waals surface area (Å²) in [6.45, 7) is 7.59. The Morgan fingerprint density at radius 2 is 1.82 bits per heavy atom. The fourth-order valence-corrected chi connectivity index (χ4v) is 4.04. The van der Waals surface area contributed by atoms with Crippen LogP contribution in [0.1, 0.15) is 46.3 Å². The molecule has 3 heterocycles. The number of hydrogen-bond acceptors (Lipinski definition) is 4. The van der Waals surface area contributed by atoms with Crippen molar-refractivity contribution in [2.45, 2.75) is 40.0 Å². The molecular formula is C22H26N4O2. The van der Waals surface area contributed by atoms with E-state index < -0.39 is 0 Å². The first-order valence-electron chi connectivity index (χ1n) is 9.85. The van der Waals surface area contributed by atoms with Crippen LogP contribution in [0.3, 0.4) is 0 Å². The molecule has 4 rings (SSSR count). The Labute approximate surface area is 165 Å². The minimum Gasteiger partial charge on any atom is -0.340 e. The van der Waals surface area contributed by atoms with Crippen molar-refractivity contribution < 1.29 is 9.32 Å². The number of likely N-dealkylation sites (tertiary alicyclic amines) is 1. The van der Waals surface area contributed by atoms with E-state index in [1.807, 2.05) is 29.2 Å². The monoisotopic (exact) mass is 378 g/mol. The van der Waals surface area contributed by atoms with Crippen molar-refractivity contribution in [2.75, 3.05) is 13.1 Å². The smallest absolute Gasteiger partial charge is 0.253 e. The highest BCUT2D eigenvalue weighted by Crippen LogP contribution is 2.24. The van der Waals surface area contributed by atoms with Crippen molar-refractivity contribution in [1.82, 2.24) is 19.6 Å². The maximum Gasteiger partial charge on any atom is 0.253 e. The van der Waals surface area contributed by atoms with Crippen LogP contribution in [0.4, 0.5) is 0 Å². The maximum absolute atomic E-state index is 12.9. The Bertz CT molecular complexity index is 951. The second-order valence-corrected chi connectivity index (χ2v) is 7.67. The molecule has 6 heteroatoms. The molecule has 6 nitrogen and oxygen atoms in total. The molecule has 1 aromatic carbocycles. The van der Waals surface area contributed by atoms with Gasteiger partial charge in [-0.05, 0) is 69.0 Å². The number of nitrogens with zero attached hydrogens (tertiary/aromatic N) is 4. The molecule has 1 unspecified atom stereocenters. The van der Waals surface area contributed by atoms with Gasteiger partial charge in [0.25, 0.3) is 5.91 Å². The number of rotatable bonds is 5. The highest BCUT2D eigenvalue weighted by molar-refractivity contribution is 5.94. The first kappa shape index (κ1) is 18.5. The summed E-state index contributed by atoms with van der Waals surface area (Å²) in [6.07, 6.45) is 2.81. The van der Waals surface area contributed by atoms with Gasteiger partial charge in [-0.25, -0.2) is 0 Å². The summed E-state index contributed by atoms with van der Waals surface area (Å²) in [5, 5.41) is 3.95. The van der Waals surface area contributed by atoms with Crippen LogP contribution in [-0.2, 0) is 6.42 Å². The maximum atomic E-state index is 12.9. The SMILES string of the molecule is Cc1nc(CCC2CCN(C(=O)c3ccc(-n4c(C)ccc4C)cc3)C2)no1. The third kappa shape index (κ3) is 3.72. The van der Waals surface area contributed by atoms with Gasteiger partial charge >= 0.3 is 0 Å². The van der Waals surface area contributed by atoms with Gasteiger partial charge in [-0.15, -0.1) is 0 Å². The predicted molar refractivity (Wildman–Crippen MR) is 107 cm³/mol. The second kappa shape index (κ2) is 7.62. The molecule has 0 N–H and O–H groups in total. The number of carbonyl (C=O) groups is 1. The number of aryl methyl sites for hydroxylation is 4. The molecule has 0 saturated carbocycles. The molecule has 1 aliphatic rings. The van der Waals surface area contributed by atoms with E-state index >= 15 is 0 Å². The number of hydrogen-bond donors (Lipinski definition) is 0. The first-order chi connectivity index (χ1) is 13.5. The predicted octanol–water partition coefficient (Wildman–Crippen LogP) is 3.88. The molecule has 146 valence electrons. The van der Waals surface area contributed by atoms with Crippen LogP contribution in [0.5, 0.6) is 0 Å². The van der Waals surface area contributed by atoms with E-state index in [1.165, 1.54) is 11.4 Å². The van der Waals surface area contributed by atoms with Crippen molar-refractivity contribution in [3.8, 4) is 5.69 Å². The van der Waals surface area contributed by atoms with Crippen LogP contribution in [-0.4, -0.2) is 38.6 Å². The van der Waals surface area contributed by atoms with Gasteiger partial charge in [0.05, 0.1) is 0 Å². The lowest BCUT2D eigenvalue weighted by atomic mass is 10.0. The first-order valence-corrected chi connectivity index (χ1v) is 9.85. The third-order valence-electron chi connectivity index (χ3n) is 5.56. The third-order valence-corrected chi connectivity index (χ3v) is 5.56. The molecule has 1 saturated heterocycles. The van der Waals surface area contributed by atoms with Gasteiger partial charge in [0.2, 0.25) is 5.89 Å². The lowest BCUT2D eigenvalue weighted by Gasteiger charge is -2.17. The molecule has 0 bridgehead atoms. The molecule has 1 aliphatic heterocycles. The van der Waals surface area contributed by atoms with E-state index in [0.29, 0.717) is 11.8 Å². The minimum absolute atomic E-state index is 0.116. The molecule has 1 atom stereocenters. The van der Waals surface area contributed by atoms with Crippen LogP contribution >= 0.6 is 0 Å². The van der Waals surface area contributed by atoms with Gasteiger partial charge in [0.1, 0.15) is 0 Å². The van der Waals surface area contributed by atoms with E-state index in [-0.39, 0.29) is 5.91 Å². The average molecular weight is 378 g/mol. The van der Waals surface area contributed by atoms with Crippen LogP contribution in [0.15, 0.2) is 40.9 Å². The molecular weight excluding hydrogens is 352 g/mol. The standard InChI is InChI=1S/C22H26N4O2/c1-15-4-5-16(2)26(15)20-9-7-19(8-10-20)22(27)25-13-12-18(14-25)6-11-21-23-17(3)28-24-21/h4-5,7-10,18H,6,11-14H2,1-3H3. The summed E-state index contributed by atoms with van der Waals surface area (Å²) in [5.74, 6) is 1.97. The molecule has 0 aliphatic carbocycles. The molecule has 28 heavy (non-hydrogen) atoms. The summed E-state index contributed by atoms with van der Waals surface area (Å²) in [5.41, 5.74) is 4.22. The van der Waals surface area contributed by atoms with E-state index in [2.05, 4.69) is 40.7 Å². The van der Waals surface area contributed by atoms with Crippen molar-refractivity contribution in [3.63, 3.8) is 0 Å². The molecule has 1 fully saturated rings. The van der Waals surface area contributed by atoms with Gasteiger partial charge in [0.15, 0.2) is 5.82 Å². The van der Waals surface area contributed by atoms with Gasteiger partial charge in [-0.3, -0.25) is 4.79 Å². The van der Waals surface area contributed by atoms with Crippen molar-refractivity contribution >= 4 is 5.91 Å². The van der Waals surface area contributed by atoms with Gasteiger partial charge < -0.3 is 14.0 Å². The summed E-state index contributed by atoms with van der Waals surface area (Å²) in [7, 11) is 0. The highest BCUT2D eigenvalue weighted by atomic mass is 16.5. The zero-order valence-electron chi connectivity index (χ0n) is 16.7.